The average Bonchev–Trinajstić information content (AvgIpc) is 2.54. The molecular formula is C17H14ClFN2O2. The molecule has 0 aliphatic heterocycles. The second-order valence-electron chi connectivity index (χ2n) is 4.73. The summed E-state index contributed by atoms with van der Waals surface area (Å²) in [7, 11) is 0. The molecule has 0 saturated carbocycles. The van der Waals surface area contributed by atoms with Crippen LogP contribution in [0.3, 0.4) is 0 Å². The topological polar surface area (TPSA) is 58.2 Å². The van der Waals surface area contributed by atoms with Crippen LogP contribution in [-0.2, 0) is 16.0 Å². The minimum atomic E-state index is -0.487. The van der Waals surface area contributed by atoms with E-state index in [9.17, 15) is 14.0 Å². The van der Waals surface area contributed by atoms with Crippen molar-refractivity contribution in [2.24, 2.45) is 0 Å². The average molecular weight is 333 g/mol. The molecule has 6 heteroatoms. The zero-order valence-electron chi connectivity index (χ0n) is 12.1. The third kappa shape index (κ3) is 5.92. The number of hydrazine groups is 1. The van der Waals surface area contributed by atoms with E-state index in [1.165, 1.54) is 36.4 Å². The number of hydrogen-bond donors (Lipinski definition) is 2. The van der Waals surface area contributed by atoms with Crippen molar-refractivity contribution in [3.63, 3.8) is 0 Å². The predicted octanol–water partition coefficient (Wildman–Crippen LogP) is 2.88. The fraction of sp³-hybridized carbons (Fsp3) is 0.0588. The summed E-state index contributed by atoms with van der Waals surface area (Å²) >= 11 is 5.76. The van der Waals surface area contributed by atoms with E-state index in [1.54, 1.807) is 24.3 Å². The molecule has 2 aromatic rings. The molecule has 0 atom stereocenters. The van der Waals surface area contributed by atoms with Crippen molar-refractivity contribution in [2.75, 3.05) is 0 Å². The zero-order chi connectivity index (χ0) is 16.7. The quantitative estimate of drug-likeness (QED) is 0.668. The van der Waals surface area contributed by atoms with Crippen LogP contribution in [-0.4, -0.2) is 11.8 Å². The molecule has 0 aliphatic carbocycles. The van der Waals surface area contributed by atoms with Crippen molar-refractivity contribution in [1.82, 2.24) is 10.9 Å². The number of hydrogen-bond acceptors (Lipinski definition) is 2. The maximum Gasteiger partial charge on any atom is 0.262 e. The highest BCUT2D eigenvalue weighted by Crippen LogP contribution is 2.09. The van der Waals surface area contributed by atoms with Crippen LogP contribution in [0.4, 0.5) is 4.39 Å². The van der Waals surface area contributed by atoms with Crippen LogP contribution in [0.1, 0.15) is 11.1 Å². The fourth-order valence-corrected chi connectivity index (χ4v) is 1.88. The number of rotatable bonds is 4. The predicted molar refractivity (Wildman–Crippen MR) is 86.9 cm³/mol. The van der Waals surface area contributed by atoms with E-state index < -0.39 is 5.91 Å². The van der Waals surface area contributed by atoms with Crippen molar-refractivity contribution < 1.29 is 14.0 Å². The first kappa shape index (κ1) is 16.7. The Balaban J connectivity index is 1.78. The van der Waals surface area contributed by atoms with Gasteiger partial charge in [-0.15, -0.1) is 0 Å². The Bertz CT molecular complexity index is 712. The molecule has 0 aliphatic rings. The highest BCUT2D eigenvalue weighted by atomic mass is 35.5. The molecule has 0 fully saturated rings. The van der Waals surface area contributed by atoms with Crippen LogP contribution in [0.15, 0.2) is 54.6 Å². The van der Waals surface area contributed by atoms with Gasteiger partial charge in [0.2, 0.25) is 5.91 Å². The first-order valence-corrected chi connectivity index (χ1v) is 7.17. The van der Waals surface area contributed by atoms with Gasteiger partial charge in [-0.1, -0.05) is 35.9 Å². The van der Waals surface area contributed by atoms with E-state index in [2.05, 4.69) is 10.9 Å². The van der Waals surface area contributed by atoms with E-state index in [-0.39, 0.29) is 18.1 Å². The number of nitrogens with one attached hydrogen (secondary N) is 2. The normalized spacial score (nSPS) is 10.5. The van der Waals surface area contributed by atoms with Gasteiger partial charge < -0.3 is 0 Å². The fourth-order valence-electron chi connectivity index (χ4n) is 1.75. The second kappa shape index (κ2) is 8.10. The van der Waals surface area contributed by atoms with Crippen molar-refractivity contribution in [2.45, 2.75) is 6.42 Å². The Morgan fingerprint density at radius 2 is 1.65 bits per heavy atom. The molecule has 0 spiro atoms. The highest BCUT2D eigenvalue weighted by Gasteiger charge is 2.04. The molecule has 2 amide bonds. The van der Waals surface area contributed by atoms with Gasteiger partial charge in [0.05, 0.1) is 6.42 Å². The van der Waals surface area contributed by atoms with Gasteiger partial charge in [-0.25, -0.2) is 4.39 Å². The van der Waals surface area contributed by atoms with Crippen molar-refractivity contribution in [3.05, 3.63) is 76.6 Å². The van der Waals surface area contributed by atoms with Crippen LogP contribution < -0.4 is 10.9 Å². The van der Waals surface area contributed by atoms with Gasteiger partial charge in [-0.05, 0) is 41.5 Å². The molecular weight excluding hydrogens is 319 g/mol. The maximum atomic E-state index is 12.7. The molecule has 0 aromatic heterocycles. The van der Waals surface area contributed by atoms with Crippen molar-refractivity contribution in [3.8, 4) is 0 Å². The molecule has 2 aromatic carbocycles. The Morgan fingerprint density at radius 1 is 1.00 bits per heavy atom. The minimum absolute atomic E-state index is 0.124. The first-order valence-electron chi connectivity index (χ1n) is 6.80. The lowest BCUT2D eigenvalue weighted by Crippen LogP contribution is -2.41. The summed E-state index contributed by atoms with van der Waals surface area (Å²) in [6.07, 6.45) is 2.88. The molecule has 0 bridgehead atoms. The zero-order valence-corrected chi connectivity index (χ0v) is 12.8. The van der Waals surface area contributed by atoms with Gasteiger partial charge in [0.25, 0.3) is 5.91 Å². The minimum Gasteiger partial charge on any atom is -0.273 e. The summed E-state index contributed by atoms with van der Waals surface area (Å²) in [6.45, 7) is 0. The van der Waals surface area contributed by atoms with Gasteiger partial charge in [-0.3, -0.25) is 20.4 Å². The molecule has 0 heterocycles. The summed E-state index contributed by atoms with van der Waals surface area (Å²) in [5.74, 6) is -1.18. The second-order valence-corrected chi connectivity index (χ2v) is 5.16. The Kier molecular flexibility index (Phi) is 5.88. The Hall–Kier alpha value is -2.66. The number of amides is 2. The summed E-state index contributed by atoms with van der Waals surface area (Å²) in [5, 5.41) is 0.591. The van der Waals surface area contributed by atoms with E-state index in [1.807, 2.05) is 0 Å². The number of halogens is 2. The lowest BCUT2D eigenvalue weighted by molar-refractivity contribution is -0.126. The van der Waals surface area contributed by atoms with Gasteiger partial charge >= 0.3 is 0 Å². The molecule has 0 unspecified atom stereocenters. The van der Waals surface area contributed by atoms with Crippen LogP contribution in [0.5, 0.6) is 0 Å². The van der Waals surface area contributed by atoms with E-state index in [4.69, 9.17) is 11.6 Å². The Labute approximate surface area is 137 Å². The largest absolute Gasteiger partial charge is 0.273 e. The third-order valence-corrected chi connectivity index (χ3v) is 3.15. The van der Waals surface area contributed by atoms with E-state index >= 15 is 0 Å². The standard InChI is InChI=1S/C17H14ClFN2O2/c18-14-6-1-13(2-7-14)11-17(23)21-20-16(22)10-5-12-3-8-15(19)9-4-12/h1-10H,11H2,(H,20,22)(H,21,23)/b10-5+. The molecule has 2 rings (SSSR count). The van der Waals surface area contributed by atoms with Gasteiger partial charge in [0, 0.05) is 11.1 Å². The van der Waals surface area contributed by atoms with Crippen LogP contribution in [0.25, 0.3) is 6.08 Å². The van der Waals surface area contributed by atoms with Crippen molar-refractivity contribution >= 4 is 29.5 Å². The molecule has 23 heavy (non-hydrogen) atoms. The molecule has 4 nitrogen and oxygen atoms in total. The van der Waals surface area contributed by atoms with E-state index in [0.29, 0.717) is 10.6 Å². The van der Waals surface area contributed by atoms with Crippen LogP contribution >= 0.6 is 11.6 Å². The summed E-state index contributed by atoms with van der Waals surface area (Å²) in [4.78, 5) is 23.3. The monoisotopic (exact) mass is 332 g/mol. The van der Waals surface area contributed by atoms with Gasteiger partial charge in [-0.2, -0.15) is 0 Å². The molecule has 118 valence electrons. The third-order valence-electron chi connectivity index (χ3n) is 2.90. The smallest absolute Gasteiger partial charge is 0.262 e. The van der Waals surface area contributed by atoms with Crippen LogP contribution in [0, 0.1) is 5.82 Å². The molecule has 0 radical (unpaired) electrons. The first-order chi connectivity index (χ1) is 11.0. The molecule has 2 N–H and O–H groups in total. The summed E-state index contributed by atoms with van der Waals surface area (Å²) in [5.41, 5.74) is 6.03. The summed E-state index contributed by atoms with van der Waals surface area (Å²) in [6, 6.07) is 12.5. The van der Waals surface area contributed by atoms with Gasteiger partial charge in [0.15, 0.2) is 0 Å². The van der Waals surface area contributed by atoms with Crippen LogP contribution in [0.2, 0.25) is 5.02 Å². The summed E-state index contributed by atoms with van der Waals surface area (Å²) < 4.78 is 12.7. The number of carbonyl (C=O) groups excluding carboxylic acids is 2. The lowest BCUT2D eigenvalue weighted by Gasteiger charge is -2.05. The Morgan fingerprint density at radius 3 is 2.30 bits per heavy atom. The highest BCUT2D eigenvalue weighted by molar-refractivity contribution is 6.30. The number of carbonyl (C=O) groups is 2. The molecule has 0 saturated heterocycles. The van der Waals surface area contributed by atoms with Gasteiger partial charge in [0.1, 0.15) is 5.82 Å². The lowest BCUT2D eigenvalue weighted by atomic mass is 10.1. The van der Waals surface area contributed by atoms with E-state index in [0.717, 1.165) is 5.56 Å². The SMILES string of the molecule is O=C(/C=C/c1ccc(F)cc1)NNC(=O)Cc1ccc(Cl)cc1. The van der Waals surface area contributed by atoms with Crippen molar-refractivity contribution in [1.29, 1.82) is 0 Å². The number of benzene rings is 2. The maximum absolute atomic E-state index is 12.7.